The van der Waals surface area contributed by atoms with Crippen LogP contribution >= 0.6 is 0 Å². The highest BCUT2D eigenvalue weighted by molar-refractivity contribution is 5.78. The van der Waals surface area contributed by atoms with Crippen molar-refractivity contribution in [1.29, 1.82) is 0 Å². The summed E-state index contributed by atoms with van der Waals surface area (Å²) in [5.41, 5.74) is 6.69. The van der Waals surface area contributed by atoms with Gasteiger partial charge < -0.3 is 20.9 Å². The van der Waals surface area contributed by atoms with Crippen LogP contribution in [-0.4, -0.2) is 30.8 Å². The third kappa shape index (κ3) is 4.93. The van der Waals surface area contributed by atoms with Crippen LogP contribution in [0.1, 0.15) is 43.8 Å². The van der Waals surface area contributed by atoms with Crippen LogP contribution in [-0.2, 0) is 0 Å². The Morgan fingerprint density at radius 3 is 2.62 bits per heavy atom. The number of ether oxygens (including phenoxy) is 1. The van der Waals surface area contributed by atoms with E-state index in [1.807, 2.05) is 24.3 Å². The number of rotatable bonds is 5. The normalized spacial score (nSPS) is 18.3. The number of nitrogens with two attached hydrogens (primary N) is 1. The van der Waals surface area contributed by atoms with Crippen LogP contribution in [0.2, 0.25) is 0 Å². The van der Waals surface area contributed by atoms with Crippen molar-refractivity contribution in [2.24, 2.45) is 10.7 Å². The molecule has 1 saturated carbocycles. The van der Waals surface area contributed by atoms with Gasteiger partial charge in [-0.25, -0.2) is 0 Å². The summed E-state index contributed by atoms with van der Waals surface area (Å²) >= 11 is 0. The van der Waals surface area contributed by atoms with Gasteiger partial charge in [0.2, 0.25) is 0 Å². The fourth-order valence-electron chi connectivity index (χ4n) is 2.62. The second kappa shape index (κ2) is 7.88. The topological polar surface area (TPSA) is 79.9 Å². The van der Waals surface area contributed by atoms with Crippen molar-refractivity contribution in [3.8, 4) is 5.75 Å². The molecule has 0 bridgehead atoms. The SMILES string of the molecule is COc1ccc(C(O)CN=C(N)NC2CCCCC2)cc1. The van der Waals surface area contributed by atoms with E-state index in [4.69, 9.17) is 10.5 Å². The maximum Gasteiger partial charge on any atom is 0.188 e. The zero-order chi connectivity index (χ0) is 15.1. The maximum absolute atomic E-state index is 10.1. The Labute approximate surface area is 126 Å². The van der Waals surface area contributed by atoms with E-state index in [1.54, 1.807) is 7.11 Å². The Hall–Kier alpha value is -1.75. The quantitative estimate of drug-likeness (QED) is 0.572. The molecule has 0 aliphatic heterocycles. The summed E-state index contributed by atoms with van der Waals surface area (Å²) in [7, 11) is 1.62. The molecule has 0 heterocycles. The van der Waals surface area contributed by atoms with E-state index >= 15 is 0 Å². The summed E-state index contributed by atoms with van der Waals surface area (Å²) in [5, 5.41) is 13.3. The summed E-state index contributed by atoms with van der Waals surface area (Å²) in [5.74, 6) is 1.20. The molecule has 2 rings (SSSR count). The van der Waals surface area contributed by atoms with Crippen molar-refractivity contribution in [3.05, 3.63) is 29.8 Å². The minimum atomic E-state index is -0.650. The van der Waals surface area contributed by atoms with Gasteiger partial charge in [0, 0.05) is 6.04 Å². The van der Waals surface area contributed by atoms with E-state index < -0.39 is 6.10 Å². The van der Waals surface area contributed by atoms with E-state index in [1.165, 1.54) is 19.3 Å². The molecule has 5 nitrogen and oxygen atoms in total. The number of hydrogen-bond acceptors (Lipinski definition) is 3. The number of nitrogens with zero attached hydrogens (tertiary/aromatic N) is 1. The van der Waals surface area contributed by atoms with Gasteiger partial charge >= 0.3 is 0 Å². The minimum Gasteiger partial charge on any atom is -0.497 e. The molecule has 0 spiro atoms. The molecule has 1 aromatic rings. The van der Waals surface area contributed by atoms with Crippen molar-refractivity contribution in [2.75, 3.05) is 13.7 Å². The van der Waals surface area contributed by atoms with Crippen molar-refractivity contribution >= 4 is 5.96 Å². The lowest BCUT2D eigenvalue weighted by atomic mass is 9.96. The van der Waals surface area contributed by atoms with Gasteiger partial charge in [0.1, 0.15) is 5.75 Å². The second-order valence-electron chi connectivity index (χ2n) is 5.49. The Morgan fingerprint density at radius 1 is 1.33 bits per heavy atom. The van der Waals surface area contributed by atoms with Gasteiger partial charge in [-0.1, -0.05) is 31.4 Å². The lowest BCUT2D eigenvalue weighted by molar-refractivity contribution is 0.187. The van der Waals surface area contributed by atoms with Gasteiger partial charge in [0.05, 0.1) is 19.8 Å². The van der Waals surface area contributed by atoms with Gasteiger partial charge in [-0.15, -0.1) is 0 Å². The first kappa shape index (κ1) is 15.6. The number of benzene rings is 1. The number of guanidine groups is 1. The highest BCUT2D eigenvalue weighted by Gasteiger charge is 2.13. The van der Waals surface area contributed by atoms with E-state index in [2.05, 4.69) is 10.3 Å². The summed E-state index contributed by atoms with van der Waals surface area (Å²) in [6.45, 7) is 0.262. The lowest BCUT2D eigenvalue weighted by Gasteiger charge is -2.23. The average molecular weight is 291 g/mol. The van der Waals surface area contributed by atoms with E-state index in [9.17, 15) is 5.11 Å². The summed E-state index contributed by atoms with van der Waals surface area (Å²) < 4.78 is 5.09. The first-order chi connectivity index (χ1) is 10.2. The van der Waals surface area contributed by atoms with Crippen molar-refractivity contribution in [2.45, 2.75) is 44.2 Å². The number of aliphatic imine (C=N–C) groups is 1. The van der Waals surface area contributed by atoms with Crippen LogP contribution in [0.4, 0.5) is 0 Å². The molecule has 0 saturated heterocycles. The molecular formula is C16H25N3O2. The fourth-order valence-corrected chi connectivity index (χ4v) is 2.62. The Kier molecular flexibility index (Phi) is 5.87. The standard InChI is InChI=1S/C16H25N3O2/c1-21-14-9-7-12(8-10-14)15(20)11-18-16(17)19-13-5-3-2-4-6-13/h7-10,13,15,20H,2-6,11H2,1H3,(H3,17,18,19). The van der Waals surface area contributed by atoms with Crippen LogP contribution in [0.3, 0.4) is 0 Å². The molecular weight excluding hydrogens is 266 g/mol. The molecule has 21 heavy (non-hydrogen) atoms. The van der Waals surface area contributed by atoms with Crippen LogP contribution in [0, 0.1) is 0 Å². The summed E-state index contributed by atoms with van der Waals surface area (Å²) in [6, 6.07) is 7.76. The average Bonchev–Trinajstić information content (AvgIpc) is 2.53. The number of nitrogens with one attached hydrogen (secondary N) is 1. The Morgan fingerprint density at radius 2 is 2.00 bits per heavy atom. The highest BCUT2D eigenvalue weighted by atomic mass is 16.5. The van der Waals surface area contributed by atoms with Crippen LogP contribution in [0.5, 0.6) is 5.75 Å². The summed E-state index contributed by atoms with van der Waals surface area (Å²) in [4.78, 5) is 4.24. The van der Waals surface area contributed by atoms with E-state index in [0.717, 1.165) is 24.2 Å². The van der Waals surface area contributed by atoms with Crippen molar-refractivity contribution in [3.63, 3.8) is 0 Å². The van der Waals surface area contributed by atoms with Crippen molar-refractivity contribution < 1.29 is 9.84 Å². The number of methoxy groups -OCH3 is 1. The smallest absolute Gasteiger partial charge is 0.188 e. The monoisotopic (exact) mass is 291 g/mol. The Balaban J connectivity index is 1.83. The van der Waals surface area contributed by atoms with E-state index in [-0.39, 0.29) is 6.54 Å². The van der Waals surface area contributed by atoms with Gasteiger partial charge in [0.15, 0.2) is 5.96 Å². The zero-order valence-electron chi connectivity index (χ0n) is 12.6. The lowest BCUT2D eigenvalue weighted by Crippen LogP contribution is -2.41. The molecule has 0 aromatic heterocycles. The van der Waals surface area contributed by atoms with Gasteiger partial charge in [-0.05, 0) is 30.5 Å². The predicted octanol–water partition coefficient (Wildman–Crippen LogP) is 1.97. The molecule has 1 aliphatic carbocycles. The molecule has 0 radical (unpaired) electrons. The molecule has 1 atom stereocenters. The van der Waals surface area contributed by atoms with Gasteiger partial charge in [-0.2, -0.15) is 0 Å². The summed E-state index contributed by atoms with van der Waals surface area (Å²) in [6.07, 6.45) is 5.46. The maximum atomic E-state index is 10.1. The largest absolute Gasteiger partial charge is 0.497 e. The molecule has 5 heteroatoms. The van der Waals surface area contributed by atoms with Gasteiger partial charge in [0.25, 0.3) is 0 Å². The van der Waals surface area contributed by atoms with E-state index in [0.29, 0.717) is 12.0 Å². The molecule has 1 unspecified atom stereocenters. The fraction of sp³-hybridized carbons (Fsp3) is 0.562. The molecule has 1 aromatic carbocycles. The third-order valence-electron chi connectivity index (χ3n) is 3.89. The molecule has 4 N–H and O–H groups in total. The zero-order valence-corrected chi connectivity index (χ0v) is 12.6. The first-order valence-corrected chi connectivity index (χ1v) is 7.57. The Bertz CT molecular complexity index is 453. The van der Waals surface area contributed by atoms with Crippen LogP contribution in [0.15, 0.2) is 29.3 Å². The number of hydrogen-bond donors (Lipinski definition) is 3. The predicted molar refractivity (Wildman–Crippen MR) is 84.5 cm³/mol. The number of aliphatic hydroxyl groups is 1. The second-order valence-corrected chi connectivity index (χ2v) is 5.49. The van der Waals surface area contributed by atoms with Crippen molar-refractivity contribution in [1.82, 2.24) is 5.32 Å². The molecule has 1 aliphatic rings. The minimum absolute atomic E-state index is 0.262. The third-order valence-corrected chi connectivity index (χ3v) is 3.89. The van der Waals surface area contributed by atoms with Crippen LogP contribution in [0.25, 0.3) is 0 Å². The highest BCUT2D eigenvalue weighted by Crippen LogP contribution is 2.18. The van der Waals surface area contributed by atoms with Gasteiger partial charge in [-0.3, -0.25) is 4.99 Å². The molecule has 0 amide bonds. The molecule has 116 valence electrons. The first-order valence-electron chi connectivity index (χ1n) is 7.57. The molecule has 1 fully saturated rings. The number of aliphatic hydroxyl groups excluding tert-OH is 1. The van der Waals surface area contributed by atoms with Crippen LogP contribution < -0.4 is 15.8 Å².